The number of hydrogen-bond acceptors (Lipinski definition) is 5. The van der Waals surface area contributed by atoms with Crippen LogP contribution in [0.15, 0.2) is 36.4 Å². The van der Waals surface area contributed by atoms with Crippen LogP contribution in [0.3, 0.4) is 0 Å². The maximum Gasteiger partial charge on any atom is 0.420 e. The average molecular weight is 410 g/mol. The van der Waals surface area contributed by atoms with E-state index in [2.05, 4.69) is 20.9 Å². The molecule has 1 heterocycles. The highest BCUT2D eigenvalue weighted by Gasteiger charge is 2.34. The normalized spacial score (nSPS) is 11.3. The van der Waals surface area contributed by atoms with Crippen LogP contribution in [0.4, 0.5) is 34.5 Å². The van der Waals surface area contributed by atoms with Crippen LogP contribution >= 0.6 is 11.3 Å². The topological polar surface area (TPSA) is 103 Å². The lowest BCUT2D eigenvalue weighted by Gasteiger charge is -2.11. The molecule has 0 saturated heterocycles. The van der Waals surface area contributed by atoms with Crippen LogP contribution in [-0.2, 0) is 11.0 Å². The lowest BCUT2D eigenvalue weighted by molar-refractivity contribution is -0.138. The fourth-order valence-corrected chi connectivity index (χ4v) is 3.26. The van der Waals surface area contributed by atoms with E-state index in [0.29, 0.717) is 22.0 Å². The van der Waals surface area contributed by atoms with Crippen molar-refractivity contribution < 1.29 is 27.9 Å². The van der Waals surface area contributed by atoms with Crippen LogP contribution in [0.5, 0.6) is 5.75 Å². The van der Waals surface area contributed by atoms with Gasteiger partial charge in [0.25, 0.3) is 0 Å². The number of rotatable bonds is 3. The second kappa shape index (κ2) is 7.35. The number of fused-ring (bicyclic) bond motifs is 1. The Morgan fingerprint density at radius 1 is 1.04 bits per heavy atom. The van der Waals surface area contributed by atoms with Crippen molar-refractivity contribution in [1.29, 1.82) is 0 Å². The molecule has 7 nitrogen and oxygen atoms in total. The van der Waals surface area contributed by atoms with Gasteiger partial charge in [-0.3, -0.25) is 10.1 Å². The molecule has 3 aromatic rings. The summed E-state index contributed by atoms with van der Waals surface area (Å²) < 4.78 is 39.2. The van der Waals surface area contributed by atoms with Gasteiger partial charge in [0.2, 0.25) is 5.91 Å². The highest BCUT2D eigenvalue weighted by molar-refractivity contribution is 7.22. The summed E-state index contributed by atoms with van der Waals surface area (Å²) in [4.78, 5) is 27.4. The number of anilines is 3. The van der Waals surface area contributed by atoms with Gasteiger partial charge in [-0.05, 0) is 36.4 Å². The average Bonchev–Trinajstić information content (AvgIpc) is 2.96. The number of aromatic hydroxyl groups is 1. The van der Waals surface area contributed by atoms with Crippen molar-refractivity contribution in [1.82, 2.24) is 4.98 Å². The van der Waals surface area contributed by atoms with Crippen LogP contribution < -0.4 is 16.0 Å². The van der Waals surface area contributed by atoms with Crippen LogP contribution in [0.1, 0.15) is 12.5 Å². The number of hydrogen-bond donors (Lipinski definition) is 4. The van der Waals surface area contributed by atoms with E-state index < -0.39 is 23.5 Å². The van der Waals surface area contributed by atoms with Crippen LogP contribution in [0.25, 0.3) is 10.2 Å². The molecule has 0 bridgehead atoms. The number of nitrogens with one attached hydrogen (secondary N) is 3. The van der Waals surface area contributed by atoms with Crippen LogP contribution in [0, 0.1) is 0 Å². The fourth-order valence-electron chi connectivity index (χ4n) is 2.36. The second-order valence-corrected chi connectivity index (χ2v) is 6.72. The third-order valence-corrected chi connectivity index (χ3v) is 4.42. The molecular weight excluding hydrogens is 397 g/mol. The van der Waals surface area contributed by atoms with E-state index >= 15 is 0 Å². The first-order chi connectivity index (χ1) is 13.1. The molecule has 0 saturated carbocycles. The second-order valence-electron chi connectivity index (χ2n) is 5.69. The first-order valence-electron chi connectivity index (χ1n) is 7.78. The monoisotopic (exact) mass is 410 g/mol. The summed E-state index contributed by atoms with van der Waals surface area (Å²) in [5.74, 6) is -1.16. The summed E-state index contributed by atoms with van der Waals surface area (Å²) in [6.45, 7) is 1.38. The number of phenolic OH excluding ortho intramolecular Hbond substituents is 1. The summed E-state index contributed by atoms with van der Waals surface area (Å²) in [7, 11) is 0. The summed E-state index contributed by atoms with van der Waals surface area (Å²) in [5, 5.41) is 16.9. The number of benzene rings is 2. The van der Waals surface area contributed by atoms with Gasteiger partial charge in [0.15, 0.2) is 5.13 Å². The zero-order chi connectivity index (χ0) is 20.5. The third kappa shape index (κ3) is 4.49. The van der Waals surface area contributed by atoms with Gasteiger partial charge in [0.05, 0.1) is 15.8 Å². The summed E-state index contributed by atoms with van der Waals surface area (Å²) in [6.07, 6.45) is -4.75. The van der Waals surface area contributed by atoms with Gasteiger partial charge in [-0.25, -0.2) is 9.78 Å². The standard InChI is InChI=1S/C17H13F3N4O3S/c1-8(25)21-10-2-4-12-14(7-10)28-16(23-12)24-15(27)22-9-3-5-13(26)11(6-9)17(18,19)20/h2-7,26H,1H3,(H,21,25)(H2,22,23,24,27). The molecule has 0 aliphatic carbocycles. The van der Waals surface area contributed by atoms with E-state index in [1.54, 1.807) is 18.2 Å². The number of halogens is 3. The van der Waals surface area contributed by atoms with E-state index in [4.69, 9.17) is 0 Å². The fraction of sp³-hybridized carbons (Fsp3) is 0.118. The smallest absolute Gasteiger partial charge is 0.420 e. The van der Waals surface area contributed by atoms with Gasteiger partial charge in [0, 0.05) is 18.3 Å². The molecule has 1 aromatic heterocycles. The molecule has 28 heavy (non-hydrogen) atoms. The minimum Gasteiger partial charge on any atom is -0.507 e. The Morgan fingerprint density at radius 2 is 1.71 bits per heavy atom. The first-order valence-corrected chi connectivity index (χ1v) is 8.60. The SMILES string of the molecule is CC(=O)Nc1ccc2nc(NC(=O)Nc3ccc(O)c(C(F)(F)F)c3)sc2c1. The van der Waals surface area contributed by atoms with E-state index in [9.17, 15) is 27.9 Å². The molecule has 2 aromatic carbocycles. The Kier molecular flexibility index (Phi) is 5.10. The lowest BCUT2D eigenvalue weighted by atomic mass is 10.1. The third-order valence-electron chi connectivity index (χ3n) is 3.49. The molecule has 0 spiro atoms. The Balaban J connectivity index is 1.74. The van der Waals surface area contributed by atoms with Gasteiger partial charge in [0.1, 0.15) is 5.75 Å². The molecular formula is C17H13F3N4O3S. The molecule has 3 rings (SSSR count). The number of nitrogens with zero attached hydrogens (tertiary/aromatic N) is 1. The first kappa shape index (κ1) is 19.4. The highest BCUT2D eigenvalue weighted by Crippen LogP contribution is 2.37. The van der Waals surface area contributed by atoms with Gasteiger partial charge in [-0.15, -0.1) is 0 Å². The van der Waals surface area contributed by atoms with Crippen molar-refractivity contribution in [3.05, 3.63) is 42.0 Å². The maximum atomic E-state index is 12.8. The number of thiazole rings is 1. The van der Waals surface area contributed by atoms with Gasteiger partial charge >= 0.3 is 12.2 Å². The van der Waals surface area contributed by atoms with Crippen molar-refractivity contribution in [3.8, 4) is 5.75 Å². The molecule has 0 aliphatic rings. The van der Waals surface area contributed by atoms with Gasteiger partial charge in [-0.1, -0.05) is 11.3 Å². The van der Waals surface area contributed by atoms with E-state index in [1.807, 2.05) is 0 Å². The summed E-state index contributed by atoms with van der Waals surface area (Å²) >= 11 is 1.13. The Morgan fingerprint density at radius 3 is 2.39 bits per heavy atom. The number of amides is 3. The van der Waals surface area contributed by atoms with E-state index in [1.165, 1.54) is 6.92 Å². The summed E-state index contributed by atoms with van der Waals surface area (Å²) in [5.41, 5.74) is -0.241. The quantitative estimate of drug-likeness (QED) is 0.473. The molecule has 0 aliphatic heterocycles. The van der Waals surface area contributed by atoms with Crippen molar-refractivity contribution in [2.24, 2.45) is 0 Å². The van der Waals surface area contributed by atoms with Gasteiger partial charge in [-0.2, -0.15) is 13.2 Å². The number of phenols is 1. The molecule has 0 fully saturated rings. The predicted molar refractivity (Wildman–Crippen MR) is 99.7 cm³/mol. The molecule has 3 amide bonds. The molecule has 0 atom stereocenters. The molecule has 0 radical (unpaired) electrons. The summed E-state index contributed by atoms with van der Waals surface area (Å²) in [6, 6.07) is 6.83. The molecule has 11 heteroatoms. The zero-order valence-electron chi connectivity index (χ0n) is 14.2. The lowest BCUT2D eigenvalue weighted by Crippen LogP contribution is -2.19. The molecule has 0 unspecified atom stereocenters. The Labute approximate surface area is 160 Å². The largest absolute Gasteiger partial charge is 0.507 e. The number of alkyl halides is 3. The molecule has 146 valence electrons. The minimum atomic E-state index is -4.75. The number of aromatic nitrogens is 1. The van der Waals surface area contributed by atoms with Crippen molar-refractivity contribution in [2.45, 2.75) is 13.1 Å². The van der Waals surface area contributed by atoms with E-state index in [-0.39, 0.29) is 16.7 Å². The Bertz CT molecular complexity index is 1070. The van der Waals surface area contributed by atoms with Crippen molar-refractivity contribution >= 4 is 50.0 Å². The minimum absolute atomic E-state index is 0.142. The number of carbonyl (C=O) groups is 2. The Hall–Kier alpha value is -3.34. The molecule has 4 N–H and O–H groups in total. The van der Waals surface area contributed by atoms with Crippen LogP contribution in [-0.4, -0.2) is 22.0 Å². The number of urea groups is 1. The zero-order valence-corrected chi connectivity index (χ0v) is 15.0. The van der Waals surface area contributed by atoms with Crippen molar-refractivity contribution in [3.63, 3.8) is 0 Å². The van der Waals surface area contributed by atoms with Crippen molar-refractivity contribution in [2.75, 3.05) is 16.0 Å². The maximum absolute atomic E-state index is 12.8. The highest BCUT2D eigenvalue weighted by atomic mass is 32.1. The van der Waals surface area contributed by atoms with Gasteiger partial charge < -0.3 is 15.7 Å². The van der Waals surface area contributed by atoms with E-state index in [0.717, 1.165) is 23.5 Å². The van der Waals surface area contributed by atoms with Crippen LogP contribution in [0.2, 0.25) is 0 Å². The number of carbonyl (C=O) groups excluding carboxylic acids is 2. The predicted octanol–water partition coefficient (Wildman–Crippen LogP) is 4.62.